The Balaban J connectivity index is 1.29. The number of nitrogens with one attached hydrogen (secondary N) is 1. The van der Waals surface area contributed by atoms with Crippen LogP contribution in [0.4, 0.5) is 0 Å². The van der Waals surface area contributed by atoms with Crippen LogP contribution < -0.4 is 10.1 Å². The lowest BCUT2D eigenvalue weighted by molar-refractivity contribution is 0.136. The Morgan fingerprint density at radius 1 is 1.21 bits per heavy atom. The minimum atomic E-state index is 0.0626. The summed E-state index contributed by atoms with van der Waals surface area (Å²) in [4.78, 5) is 0. The minimum absolute atomic E-state index is 0.0626. The Hall–Kier alpha value is -1.85. The Kier molecular flexibility index (Phi) is 4.29. The second-order valence-corrected chi connectivity index (χ2v) is 7.09. The van der Waals surface area contributed by atoms with Gasteiger partial charge in [-0.3, -0.25) is 4.68 Å². The van der Waals surface area contributed by atoms with Crippen LogP contribution in [0.25, 0.3) is 0 Å². The summed E-state index contributed by atoms with van der Waals surface area (Å²) in [7, 11) is 1.90. The fraction of sp³-hybridized carbons (Fsp3) is 0.526. The third kappa shape index (κ3) is 3.32. The molecular weight excluding hydrogens is 302 g/mol. The largest absolute Gasteiger partial charge is 0.483 e. The summed E-state index contributed by atoms with van der Waals surface area (Å²) in [6.07, 6.45) is 6.10. The molecule has 1 aliphatic heterocycles. The molecule has 1 saturated carbocycles. The molecule has 1 aliphatic carbocycles. The molecule has 1 aromatic carbocycles. The summed E-state index contributed by atoms with van der Waals surface area (Å²) >= 11 is 0. The summed E-state index contributed by atoms with van der Waals surface area (Å²) in [5.41, 5.74) is 2.79. The number of rotatable bonds is 5. The second-order valence-electron chi connectivity index (χ2n) is 7.09. The Morgan fingerprint density at radius 2 is 2.00 bits per heavy atom. The maximum Gasteiger partial charge on any atom is 0.157 e. The van der Waals surface area contributed by atoms with Crippen molar-refractivity contribution < 1.29 is 9.47 Å². The quantitative estimate of drug-likeness (QED) is 0.916. The van der Waals surface area contributed by atoms with Gasteiger partial charge in [-0.1, -0.05) is 29.8 Å². The molecule has 2 heterocycles. The zero-order valence-corrected chi connectivity index (χ0v) is 14.3. The van der Waals surface area contributed by atoms with E-state index in [0.29, 0.717) is 18.6 Å². The first kappa shape index (κ1) is 15.7. The standard InChI is InChI=1S/C19H25N3O2/c1-13-3-5-14(6-4-13)15-7-16(8-15)21-18-11-23-12-19(18)24-17-9-20-22(2)10-17/h3-6,9-10,15-16,18-19,21H,7-8,11-12H2,1-2H3/t15?,16?,18-,19+/m0/s1. The molecule has 1 N–H and O–H groups in total. The molecular formula is C19H25N3O2. The molecule has 0 bridgehead atoms. The molecule has 2 aliphatic rings. The van der Waals surface area contributed by atoms with Gasteiger partial charge in [-0.25, -0.2) is 0 Å². The van der Waals surface area contributed by atoms with Gasteiger partial charge in [-0.2, -0.15) is 5.10 Å². The van der Waals surface area contributed by atoms with Crippen LogP contribution in [0.3, 0.4) is 0 Å². The third-order valence-corrected chi connectivity index (χ3v) is 5.13. The van der Waals surface area contributed by atoms with Crippen molar-refractivity contribution >= 4 is 0 Å². The highest BCUT2D eigenvalue weighted by atomic mass is 16.5. The van der Waals surface area contributed by atoms with Crippen molar-refractivity contribution in [1.82, 2.24) is 15.1 Å². The van der Waals surface area contributed by atoms with Crippen LogP contribution >= 0.6 is 0 Å². The van der Waals surface area contributed by atoms with Gasteiger partial charge in [-0.15, -0.1) is 0 Å². The monoisotopic (exact) mass is 327 g/mol. The topological polar surface area (TPSA) is 48.3 Å². The maximum absolute atomic E-state index is 6.03. The van der Waals surface area contributed by atoms with E-state index in [1.165, 1.54) is 24.0 Å². The number of hydrogen-bond acceptors (Lipinski definition) is 4. The van der Waals surface area contributed by atoms with Gasteiger partial charge >= 0.3 is 0 Å². The van der Waals surface area contributed by atoms with Crippen molar-refractivity contribution in [1.29, 1.82) is 0 Å². The van der Waals surface area contributed by atoms with E-state index >= 15 is 0 Å². The van der Waals surface area contributed by atoms with E-state index in [1.807, 2.05) is 13.2 Å². The average molecular weight is 327 g/mol. The molecule has 2 fully saturated rings. The van der Waals surface area contributed by atoms with Crippen molar-refractivity contribution in [3.8, 4) is 5.75 Å². The van der Waals surface area contributed by atoms with Crippen LogP contribution in [0.15, 0.2) is 36.7 Å². The maximum atomic E-state index is 6.03. The van der Waals surface area contributed by atoms with Gasteiger partial charge in [0, 0.05) is 13.1 Å². The Labute approximate surface area is 143 Å². The lowest BCUT2D eigenvalue weighted by atomic mass is 9.75. The first-order chi connectivity index (χ1) is 11.7. The molecule has 1 saturated heterocycles. The van der Waals surface area contributed by atoms with Crippen molar-refractivity contribution in [3.05, 3.63) is 47.8 Å². The van der Waals surface area contributed by atoms with Gasteiger partial charge < -0.3 is 14.8 Å². The fourth-order valence-corrected chi connectivity index (χ4v) is 3.61. The first-order valence-corrected chi connectivity index (χ1v) is 8.73. The fourth-order valence-electron chi connectivity index (χ4n) is 3.61. The summed E-state index contributed by atoms with van der Waals surface area (Å²) in [6.45, 7) is 3.49. The van der Waals surface area contributed by atoms with Gasteiger partial charge in [0.15, 0.2) is 5.75 Å². The lowest BCUT2D eigenvalue weighted by Gasteiger charge is -2.38. The summed E-state index contributed by atoms with van der Waals surface area (Å²) in [6, 6.07) is 9.77. The highest BCUT2D eigenvalue weighted by Crippen LogP contribution is 2.37. The highest BCUT2D eigenvalue weighted by Gasteiger charge is 2.37. The summed E-state index contributed by atoms with van der Waals surface area (Å²) < 4.78 is 13.4. The van der Waals surface area contributed by atoms with E-state index < -0.39 is 0 Å². The van der Waals surface area contributed by atoms with Crippen molar-refractivity contribution in [2.45, 2.75) is 43.9 Å². The van der Waals surface area contributed by atoms with E-state index in [-0.39, 0.29) is 12.1 Å². The predicted molar refractivity (Wildman–Crippen MR) is 92.3 cm³/mol. The van der Waals surface area contributed by atoms with Gasteiger partial charge in [0.25, 0.3) is 0 Å². The summed E-state index contributed by atoms with van der Waals surface area (Å²) in [5.74, 6) is 1.49. The molecule has 128 valence electrons. The van der Waals surface area contributed by atoms with E-state index in [4.69, 9.17) is 9.47 Å². The van der Waals surface area contributed by atoms with Crippen LogP contribution in [0, 0.1) is 6.92 Å². The zero-order valence-electron chi connectivity index (χ0n) is 14.3. The molecule has 0 radical (unpaired) electrons. The smallest absolute Gasteiger partial charge is 0.157 e. The second kappa shape index (κ2) is 6.57. The molecule has 0 amide bonds. The first-order valence-electron chi connectivity index (χ1n) is 8.73. The summed E-state index contributed by atoms with van der Waals surface area (Å²) in [5, 5.41) is 7.88. The van der Waals surface area contributed by atoms with Crippen LogP contribution in [0.2, 0.25) is 0 Å². The molecule has 24 heavy (non-hydrogen) atoms. The molecule has 5 heteroatoms. The van der Waals surface area contributed by atoms with E-state index in [2.05, 4.69) is 41.6 Å². The highest BCUT2D eigenvalue weighted by molar-refractivity contribution is 5.27. The van der Waals surface area contributed by atoms with Crippen LogP contribution in [-0.4, -0.2) is 41.2 Å². The van der Waals surface area contributed by atoms with E-state index in [1.54, 1.807) is 10.9 Å². The van der Waals surface area contributed by atoms with Crippen LogP contribution in [0.5, 0.6) is 5.75 Å². The SMILES string of the molecule is Cc1ccc(C2CC(N[C@H]3COC[C@H]3Oc3cnn(C)c3)C2)cc1. The molecule has 0 unspecified atom stereocenters. The number of ether oxygens (including phenoxy) is 2. The number of aryl methyl sites for hydroxylation is 2. The molecule has 2 atom stereocenters. The zero-order chi connectivity index (χ0) is 16.5. The minimum Gasteiger partial charge on any atom is -0.483 e. The van der Waals surface area contributed by atoms with Crippen LogP contribution in [0.1, 0.15) is 29.9 Å². The Morgan fingerprint density at radius 3 is 2.71 bits per heavy atom. The number of nitrogens with zero attached hydrogens (tertiary/aromatic N) is 2. The van der Waals surface area contributed by atoms with Crippen molar-refractivity contribution in [2.24, 2.45) is 7.05 Å². The molecule has 0 spiro atoms. The number of hydrogen-bond donors (Lipinski definition) is 1. The van der Waals surface area contributed by atoms with Crippen LogP contribution in [-0.2, 0) is 11.8 Å². The number of benzene rings is 1. The molecule has 5 nitrogen and oxygen atoms in total. The van der Waals surface area contributed by atoms with Crippen molar-refractivity contribution in [2.75, 3.05) is 13.2 Å². The predicted octanol–water partition coefficient (Wildman–Crippen LogP) is 2.41. The van der Waals surface area contributed by atoms with Gasteiger partial charge in [0.2, 0.25) is 0 Å². The molecule has 2 aromatic rings. The van der Waals surface area contributed by atoms with Crippen molar-refractivity contribution in [3.63, 3.8) is 0 Å². The lowest BCUT2D eigenvalue weighted by Crippen LogP contribution is -2.51. The van der Waals surface area contributed by atoms with E-state index in [9.17, 15) is 0 Å². The normalized spacial score (nSPS) is 29.4. The average Bonchev–Trinajstić information content (AvgIpc) is 3.13. The van der Waals surface area contributed by atoms with Gasteiger partial charge in [-0.05, 0) is 31.2 Å². The Bertz CT molecular complexity index is 676. The number of aromatic nitrogens is 2. The van der Waals surface area contributed by atoms with Gasteiger partial charge in [0.05, 0.1) is 31.6 Å². The molecule has 4 rings (SSSR count). The molecule has 1 aromatic heterocycles. The van der Waals surface area contributed by atoms with E-state index in [0.717, 1.165) is 12.4 Å². The van der Waals surface area contributed by atoms with Gasteiger partial charge in [0.1, 0.15) is 6.10 Å². The third-order valence-electron chi connectivity index (χ3n) is 5.13.